The van der Waals surface area contributed by atoms with Crippen LogP contribution in [-0.4, -0.2) is 37.3 Å². The molecule has 2 heterocycles. The summed E-state index contributed by atoms with van der Waals surface area (Å²) < 4.78 is 27.0. The molecule has 0 bridgehead atoms. The molecule has 1 aliphatic rings. The number of sulfonamides is 1. The highest BCUT2D eigenvalue weighted by atomic mass is 32.2. The average Bonchev–Trinajstić information content (AvgIpc) is 2.69. The van der Waals surface area contributed by atoms with Crippen LogP contribution < -0.4 is 5.32 Å². The molecule has 0 aromatic carbocycles. The van der Waals surface area contributed by atoms with Crippen LogP contribution in [0.3, 0.4) is 0 Å². The molecule has 1 aliphatic heterocycles. The van der Waals surface area contributed by atoms with Crippen LogP contribution in [0.15, 0.2) is 23.4 Å². The van der Waals surface area contributed by atoms with E-state index in [0.717, 1.165) is 25.7 Å². The van der Waals surface area contributed by atoms with Crippen molar-refractivity contribution in [1.82, 2.24) is 9.29 Å². The largest absolute Gasteiger partial charge is 0.384 e. The van der Waals surface area contributed by atoms with Crippen LogP contribution in [0.2, 0.25) is 0 Å². The van der Waals surface area contributed by atoms with Crippen molar-refractivity contribution < 1.29 is 8.42 Å². The molecule has 1 fully saturated rings. The molecule has 6 heteroatoms. The lowest BCUT2D eigenvalue weighted by Crippen LogP contribution is -2.32. The van der Waals surface area contributed by atoms with Gasteiger partial charge in [-0.25, -0.2) is 8.42 Å². The van der Waals surface area contributed by atoms with E-state index >= 15 is 0 Å². The zero-order valence-electron chi connectivity index (χ0n) is 11.3. The number of nitrogens with one attached hydrogen (secondary N) is 1. The lowest BCUT2D eigenvalue weighted by Gasteiger charge is -2.21. The molecule has 0 aliphatic carbocycles. The predicted octanol–water partition coefficient (Wildman–Crippen LogP) is 2.08. The van der Waals surface area contributed by atoms with Gasteiger partial charge < -0.3 is 5.32 Å². The van der Waals surface area contributed by atoms with Gasteiger partial charge >= 0.3 is 0 Å². The smallest absolute Gasteiger partial charge is 0.246 e. The summed E-state index contributed by atoms with van der Waals surface area (Å²) in [6, 6.07) is 1.72. The summed E-state index contributed by atoms with van der Waals surface area (Å²) in [5, 5.41) is 3.09. The molecule has 106 valence electrons. The fourth-order valence-electron chi connectivity index (χ4n) is 2.34. The maximum atomic E-state index is 12.7. The number of nitrogens with zero attached hydrogens (tertiary/aromatic N) is 2. The highest BCUT2D eigenvalue weighted by molar-refractivity contribution is 7.89. The number of aromatic nitrogens is 1. The summed E-state index contributed by atoms with van der Waals surface area (Å²) in [6.07, 6.45) is 7.15. The molecular formula is C13H21N3O2S. The van der Waals surface area contributed by atoms with E-state index in [1.54, 1.807) is 16.6 Å². The second-order valence-corrected chi connectivity index (χ2v) is 6.63. The van der Waals surface area contributed by atoms with Crippen LogP contribution in [0.4, 0.5) is 5.69 Å². The minimum atomic E-state index is -3.43. The van der Waals surface area contributed by atoms with Gasteiger partial charge in [0.1, 0.15) is 4.90 Å². The maximum absolute atomic E-state index is 12.7. The Labute approximate surface area is 115 Å². The second kappa shape index (κ2) is 6.34. The van der Waals surface area contributed by atoms with E-state index in [1.807, 2.05) is 6.92 Å². The van der Waals surface area contributed by atoms with Crippen molar-refractivity contribution in [3.8, 4) is 0 Å². The first kappa shape index (κ1) is 14.3. The van der Waals surface area contributed by atoms with Crippen molar-refractivity contribution in [2.75, 3.05) is 25.0 Å². The molecule has 0 amide bonds. The first-order valence-corrected chi connectivity index (χ1v) is 8.28. The minimum absolute atomic E-state index is 0.291. The monoisotopic (exact) mass is 283 g/mol. The Hall–Kier alpha value is -1.14. The number of hydrogen-bond donors (Lipinski definition) is 1. The molecule has 1 saturated heterocycles. The van der Waals surface area contributed by atoms with Crippen LogP contribution in [-0.2, 0) is 10.0 Å². The topological polar surface area (TPSA) is 62.3 Å². The Balaban J connectivity index is 2.32. The molecule has 0 unspecified atom stereocenters. The summed E-state index contributed by atoms with van der Waals surface area (Å²) in [6.45, 7) is 3.86. The first-order chi connectivity index (χ1) is 9.16. The minimum Gasteiger partial charge on any atom is -0.384 e. The van der Waals surface area contributed by atoms with Gasteiger partial charge in [-0.05, 0) is 25.8 Å². The van der Waals surface area contributed by atoms with Gasteiger partial charge in [-0.3, -0.25) is 4.98 Å². The van der Waals surface area contributed by atoms with Gasteiger partial charge in [-0.15, -0.1) is 0 Å². The molecule has 0 saturated carbocycles. The number of pyridine rings is 1. The van der Waals surface area contributed by atoms with Gasteiger partial charge in [0.05, 0.1) is 5.69 Å². The molecule has 0 atom stereocenters. The predicted molar refractivity (Wildman–Crippen MR) is 75.6 cm³/mol. The summed E-state index contributed by atoms with van der Waals surface area (Å²) in [5.74, 6) is 0. The fraction of sp³-hybridized carbons (Fsp3) is 0.615. The quantitative estimate of drug-likeness (QED) is 0.919. The second-order valence-electron chi connectivity index (χ2n) is 4.72. The van der Waals surface area contributed by atoms with Crippen molar-refractivity contribution in [3.05, 3.63) is 18.5 Å². The average molecular weight is 283 g/mol. The van der Waals surface area contributed by atoms with E-state index in [2.05, 4.69) is 10.3 Å². The van der Waals surface area contributed by atoms with Crippen LogP contribution >= 0.6 is 0 Å². The van der Waals surface area contributed by atoms with E-state index in [-0.39, 0.29) is 0 Å². The maximum Gasteiger partial charge on any atom is 0.246 e. The van der Waals surface area contributed by atoms with Gasteiger partial charge in [0.15, 0.2) is 0 Å². The van der Waals surface area contributed by atoms with Crippen molar-refractivity contribution in [2.24, 2.45) is 0 Å². The van der Waals surface area contributed by atoms with Gasteiger partial charge in [0.25, 0.3) is 0 Å². The molecule has 0 spiro atoms. The molecule has 1 aromatic rings. The number of hydrogen-bond acceptors (Lipinski definition) is 4. The molecule has 1 aromatic heterocycles. The highest BCUT2D eigenvalue weighted by Gasteiger charge is 2.27. The SMILES string of the molecule is CCNc1ccncc1S(=O)(=O)N1CCCCCC1. The molecule has 2 rings (SSSR count). The van der Waals surface area contributed by atoms with Gasteiger partial charge in [0.2, 0.25) is 10.0 Å². The van der Waals surface area contributed by atoms with Crippen molar-refractivity contribution in [1.29, 1.82) is 0 Å². The van der Waals surface area contributed by atoms with E-state index in [1.165, 1.54) is 6.20 Å². The summed E-state index contributed by atoms with van der Waals surface area (Å²) in [4.78, 5) is 4.26. The van der Waals surface area contributed by atoms with Crippen molar-refractivity contribution in [3.63, 3.8) is 0 Å². The zero-order valence-corrected chi connectivity index (χ0v) is 12.1. The van der Waals surface area contributed by atoms with Crippen LogP contribution in [0.5, 0.6) is 0 Å². The lowest BCUT2D eigenvalue weighted by atomic mass is 10.2. The Morgan fingerprint density at radius 1 is 1.26 bits per heavy atom. The van der Waals surface area contributed by atoms with Crippen molar-refractivity contribution in [2.45, 2.75) is 37.5 Å². The molecule has 19 heavy (non-hydrogen) atoms. The Morgan fingerprint density at radius 3 is 2.58 bits per heavy atom. The van der Waals surface area contributed by atoms with Crippen LogP contribution in [0.25, 0.3) is 0 Å². The summed E-state index contributed by atoms with van der Waals surface area (Å²) in [5.41, 5.74) is 0.641. The zero-order chi connectivity index (χ0) is 13.7. The fourth-order valence-corrected chi connectivity index (χ4v) is 3.97. The third kappa shape index (κ3) is 3.25. The number of rotatable bonds is 4. The van der Waals surface area contributed by atoms with Gasteiger partial charge in [-0.1, -0.05) is 12.8 Å². The Bertz CT molecular complexity index is 508. The van der Waals surface area contributed by atoms with Crippen LogP contribution in [0, 0.1) is 0 Å². The number of anilines is 1. The third-order valence-corrected chi connectivity index (χ3v) is 5.26. The summed E-state index contributed by atoms with van der Waals surface area (Å²) >= 11 is 0. The normalized spacial score (nSPS) is 17.9. The van der Waals surface area contributed by atoms with Crippen LogP contribution in [0.1, 0.15) is 32.6 Å². The van der Waals surface area contributed by atoms with E-state index in [4.69, 9.17) is 0 Å². The molecule has 0 radical (unpaired) electrons. The van der Waals surface area contributed by atoms with E-state index in [0.29, 0.717) is 30.2 Å². The Morgan fingerprint density at radius 2 is 1.95 bits per heavy atom. The van der Waals surface area contributed by atoms with Gasteiger partial charge in [-0.2, -0.15) is 4.31 Å². The lowest BCUT2D eigenvalue weighted by molar-refractivity contribution is 0.424. The van der Waals surface area contributed by atoms with Gasteiger partial charge in [0, 0.05) is 32.0 Å². The first-order valence-electron chi connectivity index (χ1n) is 6.84. The van der Waals surface area contributed by atoms with Crippen molar-refractivity contribution >= 4 is 15.7 Å². The molecule has 5 nitrogen and oxygen atoms in total. The molecule has 1 N–H and O–H groups in total. The van der Waals surface area contributed by atoms with E-state index in [9.17, 15) is 8.42 Å². The standard InChI is InChI=1S/C13H21N3O2S/c1-2-15-12-7-8-14-11-13(12)19(17,18)16-9-5-3-4-6-10-16/h7-8,11H,2-6,9-10H2,1H3,(H,14,15). The highest BCUT2D eigenvalue weighted by Crippen LogP contribution is 2.25. The summed E-state index contributed by atoms with van der Waals surface area (Å²) in [7, 11) is -3.43. The Kier molecular flexibility index (Phi) is 4.76. The molecular weight excluding hydrogens is 262 g/mol. The van der Waals surface area contributed by atoms with E-state index < -0.39 is 10.0 Å². The third-order valence-electron chi connectivity index (χ3n) is 3.33.